The number of carbonyl (C=O) groups is 3. The minimum Gasteiger partial charge on any atom is -0.492 e. The van der Waals surface area contributed by atoms with Crippen molar-refractivity contribution in [2.24, 2.45) is 5.92 Å². The van der Waals surface area contributed by atoms with E-state index in [4.69, 9.17) is 4.74 Å². The van der Waals surface area contributed by atoms with Crippen LogP contribution in [0.3, 0.4) is 0 Å². The lowest BCUT2D eigenvalue weighted by atomic mass is 9.91. The summed E-state index contributed by atoms with van der Waals surface area (Å²) in [5.74, 6) is -0.644. The lowest BCUT2D eigenvalue weighted by Crippen LogP contribution is -2.52. The first-order chi connectivity index (χ1) is 15.7. The van der Waals surface area contributed by atoms with E-state index in [-0.39, 0.29) is 49.2 Å². The topological polar surface area (TPSA) is 99.8 Å². The van der Waals surface area contributed by atoms with E-state index in [1.165, 1.54) is 17.9 Å². The molecule has 8 nitrogen and oxygen atoms in total. The Kier molecular flexibility index (Phi) is 13.4. The molecule has 3 N–H and O–H groups in total. The molecule has 0 aromatic heterocycles. The number of amides is 3. The van der Waals surface area contributed by atoms with Gasteiger partial charge in [0.15, 0.2) is 0 Å². The largest absolute Gasteiger partial charge is 0.492 e. The molecule has 0 aromatic rings. The molecule has 9 heteroatoms. The van der Waals surface area contributed by atoms with E-state index in [1.54, 1.807) is 7.05 Å². The minimum absolute atomic E-state index is 0.106. The molecule has 0 saturated heterocycles. The number of nitrogens with zero attached hydrogens (tertiary/aromatic N) is 1. The number of hydrogen-bond acceptors (Lipinski definition) is 5. The molecule has 0 bridgehead atoms. The van der Waals surface area contributed by atoms with Gasteiger partial charge in [0.1, 0.15) is 18.2 Å². The zero-order valence-electron chi connectivity index (χ0n) is 20.8. The molecule has 0 spiro atoms. The van der Waals surface area contributed by atoms with Gasteiger partial charge in [-0.05, 0) is 44.6 Å². The highest BCUT2D eigenvalue weighted by molar-refractivity contribution is 5.89. The molecule has 1 aliphatic heterocycles. The molecule has 0 fully saturated rings. The molecule has 1 rings (SSSR count). The lowest BCUT2D eigenvalue weighted by Gasteiger charge is -2.30. The van der Waals surface area contributed by atoms with E-state index in [9.17, 15) is 18.8 Å². The summed E-state index contributed by atoms with van der Waals surface area (Å²) in [6, 6.07) is -0.467. The predicted octanol–water partition coefficient (Wildman–Crippen LogP) is 2.42. The van der Waals surface area contributed by atoms with Gasteiger partial charge in [0, 0.05) is 26.2 Å². The van der Waals surface area contributed by atoms with Gasteiger partial charge in [0.2, 0.25) is 17.7 Å². The average Bonchev–Trinajstić information content (AvgIpc) is 2.77. The highest BCUT2D eigenvalue weighted by atomic mass is 19.1. The molecule has 3 amide bonds. The van der Waals surface area contributed by atoms with Crippen LogP contribution in [0.4, 0.5) is 4.39 Å². The van der Waals surface area contributed by atoms with Crippen molar-refractivity contribution in [3.63, 3.8) is 0 Å². The zero-order valence-corrected chi connectivity index (χ0v) is 20.8. The van der Waals surface area contributed by atoms with Gasteiger partial charge < -0.3 is 25.6 Å². The Morgan fingerprint density at radius 3 is 2.58 bits per heavy atom. The van der Waals surface area contributed by atoms with Crippen molar-refractivity contribution in [3.8, 4) is 0 Å². The summed E-state index contributed by atoms with van der Waals surface area (Å²) in [5.41, 5.74) is 0.875. The number of halogens is 1. The van der Waals surface area contributed by atoms with Crippen molar-refractivity contribution in [1.29, 1.82) is 0 Å². The molecule has 0 aromatic carbocycles. The van der Waals surface area contributed by atoms with Crippen LogP contribution in [0.1, 0.15) is 59.8 Å². The summed E-state index contributed by atoms with van der Waals surface area (Å²) >= 11 is 0. The van der Waals surface area contributed by atoms with Gasteiger partial charge in [-0.15, -0.1) is 0 Å². The third-order valence-corrected chi connectivity index (χ3v) is 5.65. The van der Waals surface area contributed by atoms with Crippen molar-refractivity contribution >= 4 is 17.7 Å². The second-order valence-electron chi connectivity index (χ2n) is 8.54. The monoisotopic (exact) mass is 468 g/mol. The molecule has 0 aliphatic carbocycles. The molecule has 188 valence electrons. The maximum Gasteiger partial charge on any atom is 0.240 e. The van der Waals surface area contributed by atoms with Gasteiger partial charge in [-0.25, -0.2) is 4.39 Å². The van der Waals surface area contributed by atoms with Gasteiger partial charge in [-0.2, -0.15) is 0 Å². The average molecular weight is 469 g/mol. The quantitative estimate of drug-likeness (QED) is 0.576. The van der Waals surface area contributed by atoms with Crippen molar-refractivity contribution < 1.29 is 23.5 Å². The number of likely N-dealkylation sites (N-methyl/N-ethyl adjacent to an activating group) is 1. The van der Waals surface area contributed by atoms with Crippen molar-refractivity contribution in [2.75, 3.05) is 39.8 Å². The minimum atomic E-state index is -0.467. The molecular formula is C24H41FN4O4. The summed E-state index contributed by atoms with van der Waals surface area (Å²) in [5, 5.41) is 8.62. The third kappa shape index (κ3) is 10.8. The summed E-state index contributed by atoms with van der Waals surface area (Å²) in [7, 11) is 1.59. The highest BCUT2D eigenvalue weighted by Gasteiger charge is 2.29. The Bertz CT molecular complexity index is 719. The molecule has 0 radical (unpaired) electrons. The van der Waals surface area contributed by atoms with Crippen LogP contribution < -0.4 is 16.0 Å². The fraction of sp³-hybridized carbons (Fsp3) is 0.708. The Labute approximate surface area is 197 Å². The van der Waals surface area contributed by atoms with Gasteiger partial charge >= 0.3 is 0 Å². The first-order valence-electron chi connectivity index (χ1n) is 11.9. The SMILES string of the molecule is CCCC(CC)C1NCCOC(/C=C(\C)F)=C(/C)CCCNC(=O)CNC(=O)CN(C)C1=O. The number of hydrogen-bond donors (Lipinski definition) is 3. The molecule has 2 atom stereocenters. The lowest BCUT2D eigenvalue weighted by molar-refractivity contribution is -0.137. The van der Waals surface area contributed by atoms with E-state index >= 15 is 0 Å². The highest BCUT2D eigenvalue weighted by Crippen LogP contribution is 2.18. The molecule has 0 saturated carbocycles. The fourth-order valence-electron chi connectivity index (χ4n) is 3.81. The van der Waals surface area contributed by atoms with Crippen LogP contribution in [0.2, 0.25) is 0 Å². The van der Waals surface area contributed by atoms with Gasteiger partial charge in [0.25, 0.3) is 0 Å². The first-order valence-corrected chi connectivity index (χ1v) is 11.9. The summed E-state index contributed by atoms with van der Waals surface area (Å²) in [6.45, 7) is 8.17. The van der Waals surface area contributed by atoms with Gasteiger partial charge in [-0.1, -0.05) is 26.7 Å². The first kappa shape index (κ1) is 28.6. The maximum atomic E-state index is 13.6. The van der Waals surface area contributed by atoms with Crippen molar-refractivity contribution in [2.45, 2.75) is 65.8 Å². The van der Waals surface area contributed by atoms with Crippen LogP contribution in [0.25, 0.3) is 0 Å². The van der Waals surface area contributed by atoms with Crippen LogP contribution in [0, 0.1) is 5.92 Å². The van der Waals surface area contributed by atoms with E-state index < -0.39 is 6.04 Å². The van der Waals surface area contributed by atoms with Gasteiger partial charge in [0.05, 0.1) is 19.1 Å². The van der Waals surface area contributed by atoms with E-state index in [0.717, 1.165) is 24.8 Å². The smallest absolute Gasteiger partial charge is 0.240 e. The van der Waals surface area contributed by atoms with Crippen LogP contribution >= 0.6 is 0 Å². The predicted molar refractivity (Wildman–Crippen MR) is 127 cm³/mol. The number of allylic oxidation sites excluding steroid dienone is 3. The van der Waals surface area contributed by atoms with Crippen molar-refractivity contribution in [1.82, 2.24) is 20.9 Å². The third-order valence-electron chi connectivity index (χ3n) is 5.65. The normalized spacial score (nSPS) is 24.3. The second-order valence-corrected chi connectivity index (χ2v) is 8.54. The summed E-state index contributed by atoms with van der Waals surface area (Å²) < 4.78 is 19.4. The molecular weight excluding hydrogens is 427 g/mol. The summed E-state index contributed by atoms with van der Waals surface area (Å²) in [6.07, 6.45) is 5.27. The number of rotatable bonds is 5. The Hall–Kier alpha value is -2.42. The summed E-state index contributed by atoms with van der Waals surface area (Å²) in [4.78, 5) is 38.8. The maximum absolute atomic E-state index is 13.6. The fourth-order valence-corrected chi connectivity index (χ4v) is 3.81. The van der Waals surface area contributed by atoms with E-state index in [0.29, 0.717) is 31.7 Å². The van der Waals surface area contributed by atoms with E-state index in [2.05, 4.69) is 22.9 Å². The molecule has 2 unspecified atom stereocenters. The Morgan fingerprint density at radius 2 is 1.94 bits per heavy atom. The number of ether oxygens (including phenoxy) is 1. The van der Waals surface area contributed by atoms with E-state index in [1.807, 2.05) is 13.8 Å². The van der Waals surface area contributed by atoms with Crippen LogP contribution in [-0.4, -0.2) is 68.5 Å². The number of carbonyl (C=O) groups excluding carboxylic acids is 3. The molecule has 1 heterocycles. The number of nitrogens with one attached hydrogen (secondary N) is 3. The van der Waals surface area contributed by atoms with Crippen LogP contribution in [0.15, 0.2) is 23.2 Å². The standard InChI is InChI=1S/C24H41FN4O4/c1-6-9-19(7-2)23-24(32)29(5)16-22(31)28-15-21(30)26-11-8-10-17(3)20(14-18(4)25)33-13-12-27-23/h14,19,23,27H,6-13,15-16H2,1-5H3,(H,26,30)(H,28,31)/b18-14+,20-17-. The zero-order chi connectivity index (χ0) is 24.8. The Morgan fingerprint density at radius 1 is 1.21 bits per heavy atom. The van der Waals surface area contributed by atoms with Gasteiger partial charge in [-0.3, -0.25) is 14.4 Å². The molecule has 33 heavy (non-hydrogen) atoms. The van der Waals surface area contributed by atoms with Crippen LogP contribution in [-0.2, 0) is 19.1 Å². The second kappa shape index (κ2) is 15.4. The Balaban J connectivity index is 3.08. The van der Waals surface area contributed by atoms with Crippen molar-refractivity contribution in [3.05, 3.63) is 23.2 Å². The molecule has 1 aliphatic rings. The van der Waals surface area contributed by atoms with Crippen LogP contribution in [0.5, 0.6) is 0 Å².